The van der Waals surface area contributed by atoms with Crippen LogP contribution in [0.4, 0.5) is 0 Å². The van der Waals surface area contributed by atoms with Gasteiger partial charge in [-0.15, -0.1) is 0 Å². The molecule has 2 aliphatic rings. The van der Waals surface area contributed by atoms with E-state index in [9.17, 15) is 27.6 Å². The Morgan fingerprint density at radius 2 is 1.54 bits per heavy atom. The number of rotatable bonds is 9. The van der Waals surface area contributed by atoms with E-state index in [0.717, 1.165) is 9.87 Å². The summed E-state index contributed by atoms with van der Waals surface area (Å²) in [5, 5.41) is 0. The molecule has 12 heteroatoms. The van der Waals surface area contributed by atoms with Gasteiger partial charge in [0.2, 0.25) is 10.0 Å². The molecule has 1 unspecified atom stereocenters. The number of sulfonamides is 1. The molecule has 0 spiro atoms. The van der Waals surface area contributed by atoms with Crippen LogP contribution in [0.25, 0.3) is 0 Å². The number of carbonyl (C=O) groups is 4. The van der Waals surface area contributed by atoms with Gasteiger partial charge in [-0.1, -0.05) is 29.8 Å². The van der Waals surface area contributed by atoms with Crippen molar-refractivity contribution < 1.29 is 46.5 Å². The van der Waals surface area contributed by atoms with Crippen LogP contribution in [0, 0.1) is 30.6 Å². The predicted molar refractivity (Wildman–Crippen MR) is 137 cm³/mol. The van der Waals surface area contributed by atoms with Crippen molar-refractivity contribution in [2.45, 2.75) is 45.1 Å². The zero-order valence-corrected chi connectivity index (χ0v) is 23.6. The predicted octanol–water partition coefficient (Wildman–Crippen LogP) is 2.03. The van der Waals surface area contributed by atoms with E-state index >= 15 is 0 Å². The van der Waals surface area contributed by atoms with Crippen molar-refractivity contribution in [3.63, 3.8) is 0 Å². The van der Waals surface area contributed by atoms with Crippen LogP contribution < -0.4 is 0 Å². The Labute approximate surface area is 228 Å². The maximum Gasteiger partial charge on any atom is 0.362 e. The van der Waals surface area contributed by atoms with Crippen LogP contribution >= 0.6 is 0 Å². The fourth-order valence-electron chi connectivity index (χ4n) is 5.33. The molecule has 0 saturated carbocycles. The van der Waals surface area contributed by atoms with Gasteiger partial charge in [-0.2, -0.15) is 4.31 Å². The highest BCUT2D eigenvalue weighted by Gasteiger charge is 2.70. The Bertz CT molecular complexity index is 1220. The van der Waals surface area contributed by atoms with Crippen LogP contribution in [0.15, 0.2) is 41.3 Å². The van der Waals surface area contributed by atoms with Crippen LogP contribution in [0.5, 0.6) is 0 Å². The van der Waals surface area contributed by atoms with Crippen molar-refractivity contribution >= 4 is 33.9 Å². The second kappa shape index (κ2) is 11.9. The summed E-state index contributed by atoms with van der Waals surface area (Å²) in [6.45, 7) is 11.1. The molecule has 2 aliphatic heterocycles. The average molecular weight is 566 g/mol. The van der Waals surface area contributed by atoms with Crippen LogP contribution in [-0.2, 0) is 48.1 Å². The summed E-state index contributed by atoms with van der Waals surface area (Å²) in [6.07, 6.45) is 0. The first-order valence-corrected chi connectivity index (χ1v) is 14.3. The van der Waals surface area contributed by atoms with E-state index < -0.39 is 69.7 Å². The molecule has 0 N–H and O–H groups in total. The molecule has 11 nitrogen and oxygen atoms in total. The third-order valence-electron chi connectivity index (χ3n) is 7.14. The highest BCUT2D eigenvalue weighted by atomic mass is 32.2. The normalized spacial score (nSPS) is 24.6. The standard InChI is InChI=1S/C27H35NO10S/c1-7-35-23(29)22-21-19(16(4)5)14-28(39(33,34)18-12-10-17(6)11-13-18)15-20(21)27(38-24(22)30,25(31)36-8-2)26(32)37-9-3/h10-13,19-22H,4,7-9,14-15H2,1-3,5-6H3/t19-,20-,21-,22?/m1/s1. The zero-order chi connectivity index (χ0) is 29.1. The molecule has 4 atom stereocenters. The van der Waals surface area contributed by atoms with Gasteiger partial charge in [0.1, 0.15) is 0 Å². The molecule has 3 rings (SSSR count). The van der Waals surface area contributed by atoms with E-state index in [1.54, 1.807) is 26.0 Å². The van der Waals surface area contributed by atoms with Crippen molar-refractivity contribution in [1.82, 2.24) is 4.31 Å². The lowest BCUT2D eigenvalue weighted by atomic mass is 9.61. The van der Waals surface area contributed by atoms with E-state index in [4.69, 9.17) is 18.9 Å². The number of benzene rings is 1. The number of ether oxygens (including phenoxy) is 4. The number of aryl methyl sites for hydroxylation is 1. The van der Waals surface area contributed by atoms with Crippen molar-refractivity contribution in [1.29, 1.82) is 0 Å². The lowest BCUT2D eigenvalue weighted by Gasteiger charge is -2.52. The summed E-state index contributed by atoms with van der Waals surface area (Å²) in [5.41, 5.74) is -1.35. The molecule has 0 bridgehead atoms. The average Bonchev–Trinajstić information content (AvgIpc) is 2.88. The third-order valence-corrected chi connectivity index (χ3v) is 8.99. The number of hydrogen-bond acceptors (Lipinski definition) is 10. The number of esters is 4. The first-order valence-electron chi connectivity index (χ1n) is 12.8. The highest BCUT2D eigenvalue weighted by Crippen LogP contribution is 2.50. The molecule has 39 heavy (non-hydrogen) atoms. The minimum Gasteiger partial charge on any atom is -0.465 e. The fourth-order valence-corrected chi connectivity index (χ4v) is 6.82. The van der Waals surface area contributed by atoms with E-state index in [-0.39, 0.29) is 31.3 Å². The molecular formula is C27H35NO10S. The van der Waals surface area contributed by atoms with Crippen LogP contribution in [0.3, 0.4) is 0 Å². The second-order valence-corrected chi connectivity index (χ2v) is 11.5. The van der Waals surface area contributed by atoms with E-state index in [2.05, 4.69) is 6.58 Å². The minimum atomic E-state index is -4.15. The Balaban J connectivity index is 2.27. The van der Waals surface area contributed by atoms with E-state index in [1.165, 1.54) is 26.0 Å². The summed E-state index contributed by atoms with van der Waals surface area (Å²) >= 11 is 0. The van der Waals surface area contributed by atoms with Gasteiger partial charge in [-0.3, -0.25) is 9.59 Å². The molecule has 214 valence electrons. The van der Waals surface area contributed by atoms with Gasteiger partial charge in [0.15, 0.2) is 5.92 Å². The second-order valence-electron chi connectivity index (χ2n) is 9.60. The van der Waals surface area contributed by atoms with Crippen LogP contribution in [0.1, 0.15) is 33.3 Å². The lowest BCUT2D eigenvalue weighted by molar-refractivity contribution is -0.228. The first kappa shape index (κ1) is 30.3. The number of nitrogens with zero attached hydrogens (tertiary/aromatic N) is 1. The highest BCUT2D eigenvalue weighted by molar-refractivity contribution is 7.89. The van der Waals surface area contributed by atoms with Crippen molar-refractivity contribution in [3.05, 3.63) is 42.0 Å². The Morgan fingerprint density at radius 3 is 2.03 bits per heavy atom. The lowest BCUT2D eigenvalue weighted by Crippen LogP contribution is -2.71. The smallest absolute Gasteiger partial charge is 0.362 e. The van der Waals surface area contributed by atoms with Gasteiger partial charge in [0.05, 0.1) is 24.7 Å². The van der Waals surface area contributed by atoms with Crippen molar-refractivity contribution in [3.8, 4) is 0 Å². The molecule has 0 radical (unpaired) electrons. The number of carbonyl (C=O) groups excluding carboxylic acids is 4. The minimum absolute atomic E-state index is 0.000341. The monoisotopic (exact) mass is 565 g/mol. The number of cyclic esters (lactones) is 1. The Morgan fingerprint density at radius 1 is 1.00 bits per heavy atom. The van der Waals surface area contributed by atoms with Gasteiger partial charge >= 0.3 is 29.5 Å². The van der Waals surface area contributed by atoms with Gasteiger partial charge in [0.25, 0.3) is 0 Å². The van der Waals surface area contributed by atoms with Crippen LogP contribution in [0.2, 0.25) is 0 Å². The molecule has 2 fully saturated rings. The number of fused-ring (bicyclic) bond motifs is 1. The summed E-state index contributed by atoms with van der Waals surface area (Å²) in [5.74, 6) is -9.24. The fraction of sp³-hybridized carbons (Fsp3) is 0.556. The maximum atomic E-state index is 13.8. The molecule has 0 amide bonds. The summed E-state index contributed by atoms with van der Waals surface area (Å²) in [6, 6.07) is 6.21. The molecule has 2 saturated heterocycles. The van der Waals surface area contributed by atoms with Gasteiger partial charge < -0.3 is 18.9 Å². The van der Waals surface area contributed by atoms with Crippen LogP contribution in [-0.4, -0.2) is 75.1 Å². The summed E-state index contributed by atoms with van der Waals surface area (Å²) in [4.78, 5) is 53.4. The zero-order valence-electron chi connectivity index (χ0n) is 22.8. The van der Waals surface area contributed by atoms with Crippen molar-refractivity contribution in [2.24, 2.45) is 23.7 Å². The maximum absolute atomic E-state index is 13.8. The van der Waals surface area contributed by atoms with Gasteiger partial charge in [-0.05, 0) is 58.6 Å². The molecular weight excluding hydrogens is 530 g/mol. The Kier molecular flexibility index (Phi) is 9.22. The summed E-state index contributed by atoms with van der Waals surface area (Å²) in [7, 11) is -4.15. The largest absolute Gasteiger partial charge is 0.465 e. The van der Waals surface area contributed by atoms with Gasteiger partial charge in [0, 0.05) is 19.0 Å². The Hall–Kier alpha value is -3.25. The quantitative estimate of drug-likeness (QED) is 0.189. The summed E-state index contributed by atoms with van der Waals surface area (Å²) < 4.78 is 49.7. The number of hydrogen-bond donors (Lipinski definition) is 0. The molecule has 1 aromatic rings. The SMILES string of the molecule is C=C(C)[C@H]1CN(S(=O)(=O)c2ccc(C)cc2)C[C@@H]2[C@@H]1C(C(=O)OCC)C(=O)OC2(C(=O)OCC)C(=O)OCC. The number of piperidine rings is 1. The molecule has 0 aliphatic carbocycles. The topological polar surface area (TPSA) is 143 Å². The van der Waals surface area contributed by atoms with Crippen molar-refractivity contribution in [2.75, 3.05) is 32.9 Å². The van der Waals surface area contributed by atoms with E-state index in [1.807, 2.05) is 6.92 Å². The van der Waals surface area contributed by atoms with E-state index in [0.29, 0.717) is 5.57 Å². The molecule has 2 heterocycles. The van der Waals surface area contributed by atoms with Gasteiger partial charge in [-0.25, -0.2) is 18.0 Å². The third kappa shape index (κ3) is 5.44. The first-order chi connectivity index (χ1) is 18.4. The molecule has 1 aromatic carbocycles. The molecule has 0 aromatic heterocycles.